The van der Waals surface area contributed by atoms with E-state index in [1.54, 1.807) is 0 Å². The van der Waals surface area contributed by atoms with Crippen LogP contribution in [0, 0.1) is 0 Å². The van der Waals surface area contributed by atoms with Gasteiger partial charge < -0.3 is 9.84 Å². The quantitative estimate of drug-likeness (QED) is 0.847. The molecule has 1 N–H and O–H groups in total. The monoisotopic (exact) mass is 370 g/mol. The van der Waals surface area contributed by atoms with E-state index in [2.05, 4.69) is 35.2 Å². The van der Waals surface area contributed by atoms with Crippen LogP contribution >= 0.6 is 0 Å². The predicted molar refractivity (Wildman–Crippen MR) is 103 cm³/mol. The number of nitrogens with zero attached hydrogens (tertiary/aromatic N) is 4. The second-order valence-corrected chi connectivity index (χ2v) is 7.63. The summed E-state index contributed by atoms with van der Waals surface area (Å²) in [6.45, 7) is 4.20. The van der Waals surface area contributed by atoms with Crippen molar-refractivity contribution in [2.75, 3.05) is 26.4 Å². The molecule has 0 bridgehead atoms. The van der Waals surface area contributed by atoms with Gasteiger partial charge in [-0.05, 0) is 37.8 Å². The Kier molecular flexibility index (Phi) is 6.17. The number of benzene rings is 1. The second kappa shape index (κ2) is 8.95. The van der Waals surface area contributed by atoms with Crippen molar-refractivity contribution >= 4 is 0 Å². The van der Waals surface area contributed by atoms with E-state index in [0.717, 1.165) is 57.2 Å². The zero-order chi connectivity index (χ0) is 18.5. The van der Waals surface area contributed by atoms with Gasteiger partial charge in [-0.1, -0.05) is 36.8 Å². The lowest BCUT2D eigenvalue weighted by molar-refractivity contribution is 0.0834. The summed E-state index contributed by atoms with van der Waals surface area (Å²) in [7, 11) is 0. The largest absolute Gasteiger partial charge is 0.394 e. The number of aliphatic hydroxyl groups excluding tert-OH is 1. The van der Waals surface area contributed by atoms with Crippen molar-refractivity contribution in [2.24, 2.45) is 0 Å². The van der Waals surface area contributed by atoms with Crippen LogP contribution in [0.15, 0.2) is 30.3 Å². The van der Waals surface area contributed by atoms with Gasteiger partial charge >= 0.3 is 0 Å². The number of hydrogen-bond donors (Lipinski definition) is 1. The number of aliphatic hydroxyl groups is 1. The van der Waals surface area contributed by atoms with E-state index in [1.807, 2.05) is 4.68 Å². The zero-order valence-electron chi connectivity index (χ0n) is 16.0. The van der Waals surface area contributed by atoms with Gasteiger partial charge in [-0.3, -0.25) is 4.90 Å². The molecule has 1 atom stereocenters. The highest BCUT2D eigenvalue weighted by Crippen LogP contribution is 2.33. The van der Waals surface area contributed by atoms with Crippen LogP contribution in [0.1, 0.15) is 61.3 Å². The molecular weight excluding hydrogens is 340 g/mol. The van der Waals surface area contributed by atoms with Crippen LogP contribution in [0.25, 0.3) is 0 Å². The van der Waals surface area contributed by atoms with Crippen LogP contribution in [-0.2, 0) is 17.8 Å². The third kappa shape index (κ3) is 4.39. The summed E-state index contributed by atoms with van der Waals surface area (Å²) >= 11 is 0. The Morgan fingerprint density at radius 1 is 1.07 bits per heavy atom. The zero-order valence-corrected chi connectivity index (χ0v) is 16.0. The number of piperidine rings is 1. The van der Waals surface area contributed by atoms with Crippen LogP contribution in [0.3, 0.4) is 0 Å². The molecule has 3 heterocycles. The number of aromatic nitrogens is 3. The van der Waals surface area contributed by atoms with Gasteiger partial charge in [-0.25, -0.2) is 9.67 Å². The van der Waals surface area contributed by atoms with E-state index in [0.29, 0.717) is 12.5 Å². The molecular formula is C21H30N4O2. The van der Waals surface area contributed by atoms with E-state index in [-0.39, 0.29) is 12.6 Å². The third-order valence-electron chi connectivity index (χ3n) is 5.76. The lowest BCUT2D eigenvalue weighted by Gasteiger charge is -2.35. The smallest absolute Gasteiger partial charge is 0.154 e. The van der Waals surface area contributed by atoms with Crippen molar-refractivity contribution in [3.05, 3.63) is 47.5 Å². The first kappa shape index (κ1) is 18.6. The van der Waals surface area contributed by atoms with E-state index in [1.165, 1.54) is 18.4 Å². The predicted octanol–water partition coefficient (Wildman–Crippen LogP) is 2.89. The average Bonchev–Trinajstić information content (AvgIpc) is 3.14. The lowest BCUT2D eigenvalue weighted by atomic mass is 9.99. The normalized spacial score (nSPS) is 22.2. The highest BCUT2D eigenvalue weighted by atomic mass is 16.5. The van der Waals surface area contributed by atoms with E-state index in [9.17, 15) is 5.11 Å². The first-order valence-electron chi connectivity index (χ1n) is 10.3. The molecule has 6 nitrogen and oxygen atoms in total. The van der Waals surface area contributed by atoms with Gasteiger partial charge in [0, 0.05) is 25.7 Å². The molecule has 6 heteroatoms. The third-order valence-corrected chi connectivity index (χ3v) is 5.76. The van der Waals surface area contributed by atoms with Crippen molar-refractivity contribution in [3.63, 3.8) is 0 Å². The number of rotatable bonds is 6. The fourth-order valence-electron chi connectivity index (χ4n) is 4.30. The highest BCUT2D eigenvalue weighted by Gasteiger charge is 2.30. The Hall–Kier alpha value is -1.76. The van der Waals surface area contributed by atoms with Gasteiger partial charge in [0.2, 0.25) is 0 Å². The molecule has 2 saturated heterocycles. The van der Waals surface area contributed by atoms with Crippen molar-refractivity contribution in [1.82, 2.24) is 19.7 Å². The van der Waals surface area contributed by atoms with Crippen LogP contribution in [0.5, 0.6) is 0 Å². The van der Waals surface area contributed by atoms with E-state index < -0.39 is 0 Å². The standard InChI is InChI=1S/C21H30N4O2/c26-13-12-25-21(22-20(23-25)18-9-14-27-15-10-18)19-8-4-5-11-24(19)16-17-6-2-1-3-7-17/h1-3,6-7,18-19,26H,4-5,8-16H2/t19-/m1/s1. The van der Waals surface area contributed by atoms with Crippen LogP contribution in [-0.4, -0.2) is 51.1 Å². The first-order valence-corrected chi connectivity index (χ1v) is 10.3. The molecule has 4 rings (SSSR count). The Morgan fingerprint density at radius 3 is 2.67 bits per heavy atom. The molecule has 0 spiro atoms. The van der Waals surface area contributed by atoms with Crippen molar-refractivity contribution in [1.29, 1.82) is 0 Å². The van der Waals surface area contributed by atoms with E-state index >= 15 is 0 Å². The number of hydrogen-bond acceptors (Lipinski definition) is 5. The summed E-state index contributed by atoms with van der Waals surface area (Å²) in [5, 5.41) is 14.3. The molecule has 1 aromatic carbocycles. The van der Waals surface area contributed by atoms with Gasteiger partial charge in [0.25, 0.3) is 0 Å². The summed E-state index contributed by atoms with van der Waals surface area (Å²) < 4.78 is 7.45. The van der Waals surface area contributed by atoms with Gasteiger partial charge in [-0.2, -0.15) is 5.10 Å². The first-order chi connectivity index (χ1) is 13.3. The Labute approximate surface area is 161 Å². The minimum atomic E-state index is 0.0922. The fourth-order valence-corrected chi connectivity index (χ4v) is 4.30. The summed E-state index contributed by atoms with van der Waals surface area (Å²) in [4.78, 5) is 7.54. The van der Waals surface area contributed by atoms with Crippen LogP contribution in [0.2, 0.25) is 0 Å². The van der Waals surface area contributed by atoms with Crippen molar-refractivity contribution in [2.45, 2.75) is 57.2 Å². The summed E-state index contributed by atoms with van der Waals surface area (Å²) in [6, 6.07) is 10.9. The molecule has 0 saturated carbocycles. The average molecular weight is 370 g/mol. The number of likely N-dealkylation sites (tertiary alicyclic amines) is 1. The molecule has 146 valence electrons. The topological polar surface area (TPSA) is 63.4 Å². The molecule has 2 aromatic rings. The minimum absolute atomic E-state index is 0.0922. The minimum Gasteiger partial charge on any atom is -0.394 e. The van der Waals surface area contributed by atoms with Gasteiger partial charge in [-0.15, -0.1) is 0 Å². The lowest BCUT2D eigenvalue weighted by Crippen LogP contribution is -2.35. The van der Waals surface area contributed by atoms with Crippen molar-refractivity contribution < 1.29 is 9.84 Å². The van der Waals surface area contributed by atoms with Crippen LogP contribution < -0.4 is 0 Å². The van der Waals surface area contributed by atoms with E-state index in [4.69, 9.17) is 14.8 Å². The van der Waals surface area contributed by atoms with Crippen LogP contribution in [0.4, 0.5) is 0 Å². The molecule has 1 aromatic heterocycles. The summed E-state index contributed by atoms with van der Waals surface area (Å²) in [6.07, 6.45) is 5.52. The maximum atomic E-state index is 9.54. The molecule has 0 aliphatic carbocycles. The molecule has 27 heavy (non-hydrogen) atoms. The molecule has 2 aliphatic heterocycles. The Bertz CT molecular complexity index is 712. The van der Waals surface area contributed by atoms with Gasteiger partial charge in [0.1, 0.15) is 5.82 Å². The molecule has 0 unspecified atom stereocenters. The SMILES string of the molecule is OCCn1nc(C2CCOCC2)nc1[C@H]1CCCCN1Cc1ccccc1. The number of ether oxygens (including phenoxy) is 1. The van der Waals surface area contributed by atoms with Crippen molar-refractivity contribution in [3.8, 4) is 0 Å². The Morgan fingerprint density at radius 2 is 1.89 bits per heavy atom. The summed E-state index contributed by atoms with van der Waals surface area (Å²) in [5.74, 6) is 2.34. The Balaban J connectivity index is 1.59. The maximum absolute atomic E-state index is 9.54. The van der Waals surface area contributed by atoms with Gasteiger partial charge in [0.05, 0.1) is 19.2 Å². The highest BCUT2D eigenvalue weighted by molar-refractivity contribution is 5.15. The van der Waals surface area contributed by atoms with Gasteiger partial charge in [0.15, 0.2) is 5.82 Å². The summed E-state index contributed by atoms with van der Waals surface area (Å²) in [5.41, 5.74) is 1.34. The molecule has 2 aliphatic rings. The fraction of sp³-hybridized carbons (Fsp3) is 0.619. The molecule has 0 amide bonds. The maximum Gasteiger partial charge on any atom is 0.154 e. The molecule has 2 fully saturated rings. The molecule has 0 radical (unpaired) electrons. The second-order valence-electron chi connectivity index (χ2n) is 7.63.